The molecule has 0 spiro atoms. The number of primary amides is 1. The second-order valence-electron chi connectivity index (χ2n) is 3.76. The highest BCUT2D eigenvalue weighted by atomic mass is 16.4. The molecule has 0 aliphatic heterocycles. The van der Waals surface area contributed by atoms with Crippen molar-refractivity contribution in [1.29, 1.82) is 0 Å². The molecule has 4 nitrogen and oxygen atoms in total. The van der Waals surface area contributed by atoms with E-state index in [2.05, 4.69) is 0 Å². The summed E-state index contributed by atoms with van der Waals surface area (Å²) >= 11 is 0. The molecule has 11 heavy (non-hydrogen) atoms. The molecule has 0 aromatic rings. The Morgan fingerprint density at radius 2 is 1.64 bits per heavy atom. The summed E-state index contributed by atoms with van der Waals surface area (Å²) in [5.41, 5.74) is 4.09. The van der Waals surface area contributed by atoms with Crippen molar-refractivity contribution >= 4 is 11.9 Å². The maximum atomic E-state index is 10.7. The molecule has 3 aliphatic rings. The van der Waals surface area contributed by atoms with E-state index < -0.39 is 16.8 Å². The van der Waals surface area contributed by atoms with Crippen molar-refractivity contribution in [3.05, 3.63) is 0 Å². The fraction of sp³-hybridized carbons (Fsp3) is 0.714. The average molecular weight is 155 g/mol. The van der Waals surface area contributed by atoms with Gasteiger partial charge in [-0.25, -0.2) is 0 Å². The van der Waals surface area contributed by atoms with Crippen molar-refractivity contribution in [1.82, 2.24) is 0 Å². The average Bonchev–Trinajstić information content (AvgIpc) is 1.51. The number of amides is 1. The van der Waals surface area contributed by atoms with Crippen LogP contribution in [-0.4, -0.2) is 17.0 Å². The van der Waals surface area contributed by atoms with Crippen molar-refractivity contribution in [2.45, 2.75) is 19.3 Å². The van der Waals surface area contributed by atoms with Crippen molar-refractivity contribution in [3.8, 4) is 0 Å². The minimum atomic E-state index is -0.777. The number of carbonyl (C=O) groups excluding carboxylic acids is 1. The molecule has 3 saturated carbocycles. The Hall–Kier alpha value is -1.06. The Labute approximate surface area is 63.4 Å². The quantitative estimate of drug-likeness (QED) is 0.575. The van der Waals surface area contributed by atoms with Gasteiger partial charge in [-0.15, -0.1) is 0 Å². The molecule has 0 atom stereocenters. The molecule has 0 saturated heterocycles. The second kappa shape index (κ2) is 1.42. The van der Waals surface area contributed by atoms with E-state index in [4.69, 9.17) is 10.8 Å². The SMILES string of the molecule is NC(=O)C12CC(C(=O)O)(C1)C2. The highest BCUT2D eigenvalue weighted by molar-refractivity contribution is 5.92. The fourth-order valence-corrected chi connectivity index (χ4v) is 2.28. The molecule has 3 fully saturated rings. The van der Waals surface area contributed by atoms with Gasteiger partial charge in [0.1, 0.15) is 0 Å². The van der Waals surface area contributed by atoms with Crippen LogP contribution < -0.4 is 5.73 Å². The number of carboxylic acid groups (broad SMARTS) is 1. The van der Waals surface area contributed by atoms with Gasteiger partial charge in [0, 0.05) is 0 Å². The smallest absolute Gasteiger partial charge is 0.309 e. The van der Waals surface area contributed by atoms with E-state index in [1.54, 1.807) is 0 Å². The zero-order valence-corrected chi connectivity index (χ0v) is 5.96. The summed E-state index contributed by atoms with van der Waals surface area (Å²) < 4.78 is 0. The van der Waals surface area contributed by atoms with Gasteiger partial charge in [-0.05, 0) is 19.3 Å². The summed E-state index contributed by atoms with van der Waals surface area (Å²) in [4.78, 5) is 21.3. The lowest BCUT2D eigenvalue weighted by Gasteiger charge is -2.66. The van der Waals surface area contributed by atoms with Crippen LogP contribution in [0.3, 0.4) is 0 Å². The van der Waals surface area contributed by atoms with Crippen LogP contribution in [0.15, 0.2) is 0 Å². The molecule has 3 rings (SSSR count). The van der Waals surface area contributed by atoms with Crippen LogP contribution in [0.2, 0.25) is 0 Å². The summed E-state index contributed by atoms with van der Waals surface area (Å²) in [5.74, 6) is -1.11. The first-order chi connectivity index (χ1) is 5.01. The Morgan fingerprint density at radius 3 is 1.91 bits per heavy atom. The maximum absolute atomic E-state index is 10.7. The number of carboxylic acids is 1. The normalized spacial score (nSPS) is 45.5. The molecule has 4 heteroatoms. The first-order valence-electron chi connectivity index (χ1n) is 3.54. The molecule has 2 bridgehead atoms. The fourth-order valence-electron chi connectivity index (χ4n) is 2.28. The summed E-state index contributed by atoms with van der Waals surface area (Å²) in [6.45, 7) is 0. The van der Waals surface area contributed by atoms with Crippen LogP contribution in [-0.2, 0) is 9.59 Å². The van der Waals surface area contributed by atoms with Crippen molar-refractivity contribution in [3.63, 3.8) is 0 Å². The van der Waals surface area contributed by atoms with Crippen LogP contribution in [0.25, 0.3) is 0 Å². The van der Waals surface area contributed by atoms with Crippen molar-refractivity contribution in [2.75, 3.05) is 0 Å². The standard InChI is InChI=1S/C7H9NO3/c8-4(9)6-1-7(2-6,3-6)5(10)11/h1-3H2,(H2,8,9)(H,10,11). The van der Waals surface area contributed by atoms with Gasteiger partial charge < -0.3 is 10.8 Å². The van der Waals surface area contributed by atoms with E-state index in [1.165, 1.54) is 0 Å². The lowest BCUT2D eigenvalue weighted by Crippen LogP contribution is -2.70. The summed E-state index contributed by atoms with van der Waals surface area (Å²) in [6, 6.07) is 0. The van der Waals surface area contributed by atoms with E-state index >= 15 is 0 Å². The van der Waals surface area contributed by atoms with Crippen LogP contribution in [0.4, 0.5) is 0 Å². The Kier molecular flexibility index (Phi) is 0.855. The van der Waals surface area contributed by atoms with Gasteiger partial charge in [0.2, 0.25) is 5.91 Å². The van der Waals surface area contributed by atoms with Crippen LogP contribution in [0.1, 0.15) is 19.3 Å². The van der Waals surface area contributed by atoms with Crippen LogP contribution in [0, 0.1) is 10.8 Å². The zero-order chi connectivity index (χ0) is 8.28. The molecule has 60 valence electrons. The molecule has 1 amide bonds. The summed E-state index contributed by atoms with van der Waals surface area (Å²) in [5, 5.41) is 8.67. The second-order valence-corrected chi connectivity index (χ2v) is 3.76. The predicted molar refractivity (Wildman–Crippen MR) is 35.5 cm³/mol. The minimum Gasteiger partial charge on any atom is -0.481 e. The Balaban J connectivity index is 2.10. The number of hydrogen-bond acceptors (Lipinski definition) is 2. The number of rotatable bonds is 2. The van der Waals surface area contributed by atoms with Crippen molar-refractivity contribution in [2.24, 2.45) is 16.6 Å². The third-order valence-electron chi connectivity index (χ3n) is 3.01. The van der Waals surface area contributed by atoms with Gasteiger partial charge in [0.05, 0.1) is 10.8 Å². The lowest BCUT2D eigenvalue weighted by molar-refractivity contribution is -0.218. The number of nitrogens with two attached hydrogens (primary N) is 1. The van der Waals surface area contributed by atoms with Crippen molar-refractivity contribution < 1.29 is 14.7 Å². The Bertz CT molecular complexity index is 215. The van der Waals surface area contributed by atoms with E-state index in [1.807, 2.05) is 0 Å². The van der Waals surface area contributed by atoms with Gasteiger partial charge in [0.15, 0.2) is 0 Å². The predicted octanol–water partition coefficient (Wildman–Crippen LogP) is -0.273. The van der Waals surface area contributed by atoms with E-state index in [0.29, 0.717) is 19.3 Å². The summed E-state index contributed by atoms with van der Waals surface area (Å²) in [6.07, 6.45) is 1.39. The topological polar surface area (TPSA) is 80.4 Å². The highest BCUT2D eigenvalue weighted by Gasteiger charge is 2.74. The third-order valence-corrected chi connectivity index (χ3v) is 3.01. The molecular weight excluding hydrogens is 146 g/mol. The maximum Gasteiger partial charge on any atom is 0.309 e. The number of hydrogen-bond donors (Lipinski definition) is 2. The summed E-state index contributed by atoms with van der Waals surface area (Å²) in [7, 11) is 0. The van der Waals surface area contributed by atoms with E-state index in [9.17, 15) is 9.59 Å². The lowest BCUT2D eigenvalue weighted by atomic mass is 9.35. The molecule has 0 heterocycles. The zero-order valence-electron chi connectivity index (χ0n) is 5.96. The van der Waals surface area contributed by atoms with Gasteiger partial charge in [-0.3, -0.25) is 9.59 Å². The van der Waals surface area contributed by atoms with E-state index in [0.717, 1.165) is 0 Å². The third kappa shape index (κ3) is 0.514. The van der Waals surface area contributed by atoms with Crippen LogP contribution >= 0.6 is 0 Å². The molecule has 0 radical (unpaired) electrons. The van der Waals surface area contributed by atoms with E-state index in [-0.39, 0.29) is 5.91 Å². The Morgan fingerprint density at radius 1 is 1.18 bits per heavy atom. The number of carbonyl (C=O) groups is 2. The largest absolute Gasteiger partial charge is 0.481 e. The molecule has 3 N–H and O–H groups in total. The van der Waals surface area contributed by atoms with Gasteiger partial charge in [0.25, 0.3) is 0 Å². The minimum absolute atomic E-state index is 0.333. The molecule has 0 aromatic heterocycles. The van der Waals surface area contributed by atoms with Gasteiger partial charge in [-0.2, -0.15) is 0 Å². The molecule has 3 aliphatic carbocycles. The van der Waals surface area contributed by atoms with Crippen LogP contribution in [0.5, 0.6) is 0 Å². The molecule has 0 aromatic carbocycles. The molecule has 0 unspecified atom stereocenters. The highest BCUT2D eigenvalue weighted by Crippen LogP contribution is 2.73. The first-order valence-corrected chi connectivity index (χ1v) is 3.54. The van der Waals surface area contributed by atoms with Gasteiger partial charge >= 0.3 is 5.97 Å². The number of aliphatic carboxylic acids is 1. The first kappa shape index (κ1) is 6.64. The van der Waals surface area contributed by atoms with Gasteiger partial charge in [-0.1, -0.05) is 0 Å². The monoisotopic (exact) mass is 155 g/mol. The molecular formula is C7H9NO3.